The number of fused-ring (bicyclic) bond motifs is 1. The molecule has 1 atom stereocenters. The summed E-state index contributed by atoms with van der Waals surface area (Å²) in [5.41, 5.74) is 3.30. The van der Waals surface area contributed by atoms with Crippen molar-refractivity contribution in [2.24, 2.45) is 7.05 Å². The third kappa shape index (κ3) is 4.36. The summed E-state index contributed by atoms with van der Waals surface area (Å²) in [5.74, 6) is 1.54. The van der Waals surface area contributed by atoms with Gasteiger partial charge in [0.05, 0.1) is 20.4 Å². The van der Waals surface area contributed by atoms with Crippen LogP contribution in [0.15, 0.2) is 24.5 Å². The molecule has 148 valence electrons. The summed E-state index contributed by atoms with van der Waals surface area (Å²) < 4.78 is 12.5. The SMILES string of the molecule is CNC(C(=O)N1CCc2cc(OC)c(OC)cc2CC1)c1cnn(C)c1.Cl. The van der Waals surface area contributed by atoms with Crippen LogP contribution in [0, 0.1) is 0 Å². The Kier molecular flexibility index (Phi) is 7.10. The molecular weight excluding hydrogens is 368 g/mol. The summed E-state index contributed by atoms with van der Waals surface area (Å²) in [6.45, 7) is 1.36. The van der Waals surface area contributed by atoms with Gasteiger partial charge < -0.3 is 19.7 Å². The number of benzene rings is 1. The van der Waals surface area contributed by atoms with Gasteiger partial charge in [-0.2, -0.15) is 5.10 Å². The fourth-order valence-electron chi connectivity index (χ4n) is 3.48. The first-order chi connectivity index (χ1) is 12.6. The normalized spacial score (nSPS) is 14.6. The molecule has 0 saturated carbocycles. The van der Waals surface area contributed by atoms with E-state index in [1.165, 1.54) is 11.1 Å². The Hall–Kier alpha value is -2.25. The first-order valence-corrected chi connectivity index (χ1v) is 8.75. The number of amides is 1. The van der Waals surface area contributed by atoms with Gasteiger partial charge in [0.15, 0.2) is 11.5 Å². The number of hydrogen-bond acceptors (Lipinski definition) is 5. The first kappa shape index (κ1) is 21.1. The van der Waals surface area contributed by atoms with E-state index in [4.69, 9.17) is 9.47 Å². The molecule has 1 amide bonds. The molecule has 7 nitrogen and oxygen atoms in total. The summed E-state index contributed by atoms with van der Waals surface area (Å²) in [7, 11) is 6.94. The summed E-state index contributed by atoms with van der Waals surface area (Å²) in [5, 5.41) is 7.30. The Morgan fingerprint density at radius 1 is 1.15 bits per heavy atom. The predicted octanol–water partition coefficient (Wildman–Crippen LogP) is 1.75. The van der Waals surface area contributed by atoms with Crippen LogP contribution in [-0.4, -0.2) is 54.9 Å². The van der Waals surface area contributed by atoms with E-state index in [1.54, 1.807) is 32.1 Å². The monoisotopic (exact) mass is 394 g/mol. The highest BCUT2D eigenvalue weighted by molar-refractivity contribution is 5.85. The number of halogens is 1. The largest absolute Gasteiger partial charge is 0.493 e. The average Bonchev–Trinajstić information content (AvgIpc) is 2.96. The summed E-state index contributed by atoms with van der Waals surface area (Å²) in [6, 6.07) is 3.67. The minimum Gasteiger partial charge on any atom is -0.493 e. The summed E-state index contributed by atoms with van der Waals surface area (Å²) in [6.07, 6.45) is 5.21. The smallest absolute Gasteiger partial charge is 0.244 e. The number of aryl methyl sites for hydroxylation is 1. The first-order valence-electron chi connectivity index (χ1n) is 8.75. The van der Waals surface area contributed by atoms with Gasteiger partial charge in [0.2, 0.25) is 5.91 Å². The van der Waals surface area contributed by atoms with Gasteiger partial charge in [-0.1, -0.05) is 0 Å². The van der Waals surface area contributed by atoms with Crippen molar-refractivity contribution < 1.29 is 14.3 Å². The standard InChI is InChI=1S/C19H26N4O3.ClH/c1-20-18(15-11-21-22(2)12-15)19(24)23-7-5-13-9-16(25-3)17(26-4)10-14(13)6-8-23;/h9-12,18,20H,5-8H2,1-4H3;1H. The van der Waals surface area contributed by atoms with Crippen molar-refractivity contribution in [1.82, 2.24) is 20.0 Å². The van der Waals surface area contributed by atoms with E-state index >= 15 is 0 Å². The molecule has 1 unspecified atom stereocenters. The van der Waals surface area contributed by atoms with E-state index in [1.807, 2.05) is 30.3 Å². The maximum atomic E-state index is 13.1. The number of nitrogens with one attached hydrogen (secondary N) is 1. The number of ether oxygens (including phenoxy) is 2. The molecule has 1 aromatic heterocycles. The van der Waals surface area contributed by atoms with Crippen LogP contribution in [0.25, 0.3) is 0 Å². The molecule has 27 heavy (non-hydrogen) atoms. The maximum absolute atomic E-state index is 13.1. The molecule has 0 aliphatic carbocycles. The number of nitrogens with zero attached hydrogens (tertiary/aromatic N) is 3. The second kappa shape index (κ2) is 9.10. The van der Waals surface area contributed by atoms with E-state index in [2.05, 4.69) is 10.4 Å². The zero-order valence-electron chi connectivity index (χ0n) is 16.2. The number of carbonyl (C=O) groups is 1. The molecule has 2 aromatic rings. The lowest BCUT2D eigenvalue weighted by Gasteiger charge is -2.25. The number of aromatic nitrogens is 2. The minimum atomic E-state index is -0.381. The molecule has 1 aromatic carbocycles. The molecule has 1 aliphatic rings. The third-order valence-corrected chi connectivity index (χ3v) is 4.91. The lowest BCUT2D eigenvalue weighted by Crippen LogP contribution is -2.41. The Balaban J connectivity index is 0.00000261. The molecule has 1 N–H and O–H groups in total. The number of hydrogen-bond donors (Lipinski definition) is 1. The second-order valence-electron chi connectivity index (χ2n) is 6.47. The van der Waals surface area contributed by atoms with Crippen LogP contribution in [0.2, 0.25) is 0 Å². The van der Waals surface area contributed by atoms with Gasteiger partial charge in [-0.3, -0.25) is 9.48 Å². The Bertz CT molecular complexity index is 758. The van der Waals surface area contributed by atoms with E-state index in [9.17, 15) is 4.79 Å². The van der Waals surface area contributed by atoms with Crippen molar-refractivity contribution in [2.75, 3.05) is 34.4 Å². The molecule has 1 aliphatic heterocycles. The third-order valence-electron chi connectivity index (χ3n) is 4.91. The van der Waals surface area contributed by atoms with Crippen LogP contribution in [0.5, 0.6) is 11.5 Å². The average molecular weight is 395 g/mol. The van der Waals surface area contributed by atoms with Crippen molar-refractivity contribution in [3.63, 3.8) is 0 Å². The quantitative estimate of drug-likeness (QED) is 0.836. The molecule has 0 spiro atoms. The molecular formula is C19H27ClN4O3. The zero-order chi connectivity index (χ0) is 18.7. The predicted molar refractivity (Wildman–Crippen MR) is 106 cm³/mol. The van der Waals surface area contributed by atoms with Crippen molar-refractivity contribution in [2.45, 2.75) is 18.9 Å². The Morgan fingerprint density at radius 3 is 2.11 bits per heavy atom. The van der Waals surface area contributed by atoms with Crippen molar-refractivity contribution in [1.29, 1.82) is 0 Å². The van der Waals surface area contributed by atoms with Crippen LogP contribution in [0.1, 0.15) is 22.7 Å². The van der Waals surface area contributed by atoms with Gasteiger partial charge in [-0.05, 0) is 43.1 Å². The van der Waals surface area contributed by atoms with Gasteiger partial charge in [0.25, 0.3) is 0 Å². The highest BCUT2D eigenvalue weighted by Gasteiger charge is 2.27. The van der Waals surface area contributed by atoms with Crippen molar-refractivity contribution >= 4 is 18.3 Å². The highest BCUT2D eigenvalue weighted by atomic mass is 35.5. The molecule has 0 radical (unpaired) electrons. The topological polar surface area (TPSA) is 68.6 Å². The fraction of sp³-hybridized carbons (Fsp3) is 0.474. The zero-order valence-corrected chi connectivity index (χ0v) is 17.0. The number of likely N-dealkylation sites (N-methyl/N-ethyl adjacent to an activating group) is 1. The fourth-order valence-corrected chi connectivity index (χ4v) is 3.48. The maximum Gasteiger partial charge on any atom is 0.244 e. The van der Waals surface area contributed by atoms with Crippen LogP contribution in [0.4, 0.5) is 0 Å². The highest BCUT2D eigenvalue weighted by Crippen LogP contribution is 2.32. The van der Waals surface area contributed by atoms with E-state index in [0.717, 1.165) is 29.9 Å². The van der Waals surface area contributed by atoms with Gasteiger partial charge in [-0.25, -0.2) is 0 Å². The van der Waals surface area contributed by atoms with Gasteiger partial charge >= 0.3 is 0 Å². The van der Waals surface area contributed by atoms with Crippen molar-refractivity contribution in [3.05, 3.63) is 41.2 Å². The van der Waals surface area contributed by atoms with Crippen LogP contribution in [0.3, 0.4) is 0 Å². The molecule has 8 heteroatoms. The Morgan fingerprint density at radius 2 is 1.70 bits per heavy atom. The summed E-state index contributed by atoms with van der Waals surface area (Å²) >= 11 is 0. The lowest BCUT2D eigenvalue weighted by atomic mass is 10.0. The van der Waals surface area contributed by atoms with E-state index in [-0.39, 0.29) is 24.4 Å². The van der Waals surface area contributed by atoms with Gasteiger partial charge in [0.1, 0.15) is 6.04 Å². The van der Waals surface area contributed by atoms with Crippen LogP contribution >= 0.6 is 12.4 Å². The summed E-state index contributed by atoms with van der Waals surface area (Å²) in [4.78, 5) is 15.0. The van der Waals surface area contributed by atoms with Gasteiger partial charge in [-0.15, -0.1) is 12.4 Å². The van der Waals surface area contributed by atoms with Crippen LogP contribution < -0.4 is 14.8 Å². The lowest BCUT2D eigenvalue weighted by molar-refractivity contribution is -0.133. The molecule has 2 heterocycles. The van der Waals surface area contributed by atoms with Crippen molar-refractivity contribution in [3.8, 4) is 11.5 Å². The number of carbonyl (C=O) groups excluding carboxylic acids is 1. The second-order valence-corrected chi connectivity index (χ2v) is 6.47. The molecule has 0 bridgehead atoms. The number of methoxy groups -OCH3 is 2. The molecule has 3 rings (SSSR count). The van der Waals surface area contributed by atoms with Crippen LogP contribution in [-0.2, 0) is 24.7 Å². The number of rotatable bonds is 5. The van der Waals surface area contributed by atoms with E-state index < -0.39 is 0 Å². The minimum absolute atomic E-state index is 0. The van der Waals surface area contributed by atoms with E-state index in [0.29, 0.717) is 13.1 Å². The molecule has 0 saturated heterocycles. The molecule has 0 fully saturated rings. The Labute approximate surface area is 166 Å². The van der Waals surface area contributed by atoms with Gasteiger partial charge in [0, 0.05) is 31.9 Å².